The predicted molar refractivity (Wildman–Crippen MR) is 74.7 cm³/mol. The van der Waals surface area contributed by atoms with Gasteiger partial charge in [-0.1, -0.05) is 0 Å². The molecule has 2 aromatic rings. The zero-order valence-corrected chi connectivity index (χ0v) is 12.7. The third-order valence-corrected chi connectivity index (χ3v) is 4.70. The van der Waals surface area contributed by atoms with Crippen molar-refractivity contribution in [1.82, 2.24) is 9.88 Å². The second-order valence-electron chi connectivity index (χ2n) is 3.61. The second-order valence-corrected chi connectivity index (χ2v) is 7.39. The number of carbonyl (C=O) groups is 1. The Morgan fingerprint density at radius 2 is 2.24 bits per heavy atom. The number of carbonyl (C=O) groups excluding carboxylic acids is 1. The van der Waals surface area contributed by atoms with Crippen molar-refractivity contribution in [2.75, 3.05) is 7.05 Å². The summed E-state index contributed by atoms with van der Waals surface area (Å²) in [5, 5.41) is 1.03. The molecule has 90 valence electrons. The van der Waals surface area contributed by atoms with Crippen molar-refractivity contribution in [1.29, 1.82) is 0 Å². The number of thiazole rings is 1. The predicted octanol–water partition coefficient (Wildman–Crippen LogP) is 3.55. The molecule has 2 aromatic heterocycles. The Kier molecular flexibility index (Phi) is 3.96. The van der Waals surface area contributed by atoms with Crippen LogP contribution in [0.5, 0.6) is 0 Å². The average Bonchev–Trinajstić information content (AvgIpc) is 2.87. The lowest BCUT2D eigenvalue weighted by atomic mass is 10.4. The van der Waals surface area contributed by atoms with Crippen molar-refractivity contribution >= 4 is 44.5 Å². The number of hydrogen-bond acceptors (Lipinski definition) is 4. The Labute approximate surface area is 116 Å². The van der Waals surface area contributed by atoms with Crippen LogP contribution in [-0.4, -0.2) is 22.8 Å². The Hall–Kier alpha value is -0.720. The van der Waals surface area contributed by atoms with Crippen LogP contribution >= 0.6 is 38.6 Å². The number of nitrogens with zero attached hydrogens (tertiary/aromatic N) is 2. The third kappa shape index (κ3) is 3.14. The zero-order chi connectivity index (χ0) is 12.4. The summed E-state index contributed by atoms with van der Waals surface area (Å²) in [7, 11) is 1.81. The van der Waals surface area contributed by atoms with E-state index in [1.807, 2.05) is 32.3 Å². The van der Waals surface area contributed by atoms with Crippen LogP contribution < -0.4 is 0 Å². The number of hydrogen-bond donors (Lipinski definition) is 0. The van der Waals surface area contributed by atoms with E-state index in [0.29, 0.717) is 6.54 Å². The van der Waals surface area contributed by atoms with Crippen molar-refractivity contribution in [2.24, 2.45) is 0 Å². The van der Waals surface area contributed by atoms with Crippen molar-refractivity contribution in [3.8, 4) is 0 Å². The molecule has 6 heteroatoms. The van der Waals surface area contributed by atoms with Gasteiger partial charge in [-0.15, -0.1) is 22.7 Å². The first-order chi connectivity index (χ1) is 8.06. The molecule has 0 saturated heterocycles. The second kappa shape index (κ2) is 5.29. The van der Waals surface area contributed by atoms with Crippen molar-refractivity contribution < 1.29 is 4.79 Å². The topological polar surface area (TPSA) is 33.2 Å². The quantitative estimate of drug-likeness (QED) is 0.862. The highest BCUT2D eigenvalue weighted by Gasteiger charge is 2.14. The first kappa shape index (κ1) is 12.7. The van der Waals surface area contributed by atoms with Gasteiger partial charge < -0.3 is 4.90 Å². The van der Waals surface area contributed by atoms with Crippen LogP contribution in [0.1, 0.15) is 19.6 Å². The van der Waals surface area contributed by atoms with Crippen molar-refractivity contribution in [2.45, 2.75) is 13.5 Å². The number of thiophene rings is 1. The Bertz CT molecular complexity index is 535. The summed E-state index contributed by atoms with van der Waals surface area (Å²) < 4.78 is 0.975. The maximum atomic E-state index is 12.1. The molecule has 1 amide bonds. The fourth-order valence-corrected chi connectivity index (χ4v) is 3.63. The number of aryl methyl sites for hydroxylation is 1. The van der Waals surface area contributed by atoms with Gasteiger partial charge in [-0.3, -0.25) is 4.79 Å². The van der Waals surface area contributed by atoms with Crippen LogP contribution in [0.25, 0.3) is 0 Å². The molecule has 0 aromatic carbocycles. The van der Waals surface area contributed by atoms with E-state index in [-0.39, 0.29) is 5.91 Å². The minimum absolute atomic E-state index is 0.0479. The molecule has 0 radical (unpaired) electrons. The summed E-state index contributed by atoms with van der Waals surface area (Å²) in [4.78, 5) is 19.8. The minimum Gasteiger partial charge on any atom is -0.336 e. The molecule has 2 heterocycles. The lowest BCUT2D eigenvalue weighted by molar-refractivity contribution is 0.0791. The molecule has 0 spiro atoms. The molecule has 0 aliphatic heterocycles. The van der Waals surface area contributed by atoms with Gasteiger partial charge in [-0.2, -0.15) is 0 Å². The van der Waals surface area contributed by atoms with Gasteiger partial charge in [0.2, 0.25) is 0 Å². The maximum absolute atomic E-state index is 12.1. The fraction of sp³-hybridized carbons (Fsp3) is 0.273. The molecule has 0 aliphatic carbocycles. The average molecular weight is 331 g/mol. The third-order valence-electron chi connectivity index (χ3n) is 2.19. The van der Waals surface area contributed by atoms with Gasteiger partial charge in [0.15, 0.2) is 0 Å². The highest BCUT2D eigenvalue weighted by atomic mass is 79.9. The maximum Gasteiger partial charge on any atom is 0.264 e. The summed E-state index contributed by atoms with van der Waals surface area (Å²) in [5.74, 6) is 0.0479. The van der Waals surface area contributed by atoms with Crippen LogP contribution in [0, 0.1) is 6.92 Å². The molecule has 2 rings (SSSR count). The van der Waals surface area contributed by atoms with Crippen molar-refractivity contribution in [3.05, 3.63) is 36.9 Å². The van der Waals surface area contributed by atoms with Crippen LogP contribution in [0.4, 0.5) is 0 Å². The lowest BCUT2D eigenvalue weighted by Crippen LogP contribution is -2.24. The van der Waals surface area contributed by atoms with Gasteiger partial charge >= 0.3 is 0 Å². The summed E-state index contributed by atoms with van der Waals surface area (Å²) >= 11 is 6.44. The molecule has 0 atom stereocenters. The first-order valence-corrected chi connectivity index (χ1v) is 7.41. The molecule has 0 unspecified atom stereocenters. The summed E-state index contributed by atoms with van der Waals surface area (Å²) in [5.41, 5.74) is 0. The normalized spacial score (nSPS) is 10.5. The zero-order valence-electron chi connectivity index (χ0n) is 9.44. The Morgan fingerprint density at radius 1 is 1.47 bits per heavy atom. The summed E-state index contributed by atoms with van der Waals surface area (Å²) in [6.45, 7) is 2.58. The van der Waals surface area contributed by atoms with Gasteiger partial charge in [-0.25, -0.2) is 4.98 Å². The van der Waals surface area contributed by atoms with Crippen molar-refractivity contribution in [3.63, 3.8) is 0 Å². The SMILES string of the molecule is Cc1ncc(CN(C)C(=O)c2ccc(Br)s2)s1. The molecule has 0 saturated carbocycles. The fourth-order valence-electron chi connectivity index (χ4n) is 1.40. The highest BCUT2D eigenvalue weighted by molar-refractivity contribution is 9.11. The molecule has 0 fully saturated rings. The lowest BCUT2D eigenvalue weighted by Gasteiger charge is -2.14. The molecule has 0 aliphatic rings. The van der Waals surface area contributed by atoms with E-state index in [9.17, 15) is 4.79 Å². The van der Waals surface area contributed by atoms with E-state index in [1.54, 1.807) is 16.2 Å². The van der Waals surface area contributed by atoms with Gasteiger partial charge in [0.25, 0.3) is 5.91 Å². The van der Waals surface area contributed by atoms with E-state index >= 15 is 0 Å². The first-order valence-electron chi connectivity index (χ1n) is 4.98. The van der Waals surface area contributed by atoms with Gasteiger partial charge in [-0.05, 0) is 35.0 Å². The monoisotopic (exact) mass is 330 g/mol. The largest absolute Gasteiger partial charge is 0.336 e. The smallest absolute Gasteiger partial charge is 0.264 e. The molecule has 17 heavy (non-hydrogen) atoms. The minimum atomic E-state index is 0.0479. The molecule has 3 nitrogen and oxygen atoms in total. The van der Waals surface area contributed by atoms with Gasteiger partial charge in [0.1, 0.15) is 0 Å². The molecule has 0 bridgehead atoms. The van der Waals surface area contributed by atoms with Crippen LogP contribution in [-0.2, 0) is 6.54 Å². The number of halogens is 1. The van der Waals surface area contributed by atoms with E-state index in [1.165, 1.54) is 11.3 Å². The van der Waals surface area contributed by atoms with Crippen LogP contribution in [0.3, 0.4) is 0 Å². The van der Waals surface area contributed by atoms with E-state index < -0.39 is 0 Å². The van der Waals surface area contributed by atoms with Crippen LogP contribution in [0.2, 0.25) is 0 Å². The summed E-state index contributed by atoms with van der Waals surface area (Å²) in [6, 6.07) is 3.73. The molecular formula is C11H11BrN2OS2. The molecular weight excluding hydrogens is 320 g/mol. The molecule has 0 N–H and O–H groups in total. The standard InChI is InChI=1S/C11H11BrN2OS2/c1-7-13-5-8(16-7)6-14(2)11(15)9-3-4-10(12)17-9/h3-5H,6H2,1-2H3. The van der Waals surface area contributed by atoms with E-state index in [0.717, 1.165) is 18.5 Å². The number of rotatable bonds is 3. The van der Waals surface area contributed by atoms with E-state index in [2.05, 4.69) is 20.9 Å². The Morgan fingerprint density at radius 3 is 2.76 bits per heavy atom. The number of aromatic nitrogens is 1. The number of amides is 1. The van der Waals surface area contributed by atoms with Gasteiger partial charge in [0.05, 0.1) is 20.2 Å². The van der Waals surface area contributed by atoms with Gasteiger partial charge in [0, 0.05) is 18.1 Å². The van der Waals surface area contributed by atoms with E-state index in [4.69, 9.17) is 0 Å². The van der Waals surface area contributed by atoms with Crippen LogP contribution in [0.15, 0.2) is 22.1 Å². The summed E-state index contributed by atoms with van der Waals surface area (Å²) in [6.07, 6.45) is 1.83. The highest BCUT2D eigenvalue weighted by Crippen LogP contribution is 2.24. The Balaban J connectivity index is 2.05.